The fourth-order valence-corrected chi connectivity index (χ4v) is 4.33. The number of nitrogens with one attached hydrogen (secondary N) is 2. The van der Waals surface area contributed by atoms with Crippen molar-refractivity contribution in [2.75, 3.05) is 20.2 Å². The van der Waals surface area contributed by atoms with Crippen LogP contribution in [-0.4, -0.2) is 49.0 Å². The smallest absolute Gasteiger partial charge is 0.252 e. The molecule has 1 aliphatic rings. The van der Waals surface area contributed by atoms with E-state index < -0.39 is 6.04 Å². The summed E-state index contributed by atoms with van der Waals surface area (Å²) in [5.41, 5.74) is 2.75. The van der Waals surface area contributed by atoms with Crippen LogP contribution in [0.15, 0.2) is 48.5 Å². The first-order valence-electron chi connectivity index (χ1n) is 11.9. The number of carbonyl (C=O) groups is 2. The number of amides is 2. The van der Waals surface area contributed by atoms with E-state index in [-0.39, 0.29) is 17.9 Å². The molecule has 6 nitrogen and oxygen atoms in total. The normalized spacial score (nSPS) is 15.8. The zero-order chi connectivity index (χ0) is 23.8. The Morgan fingerprint density at radius 3 is 2.48 bits per heavy atom. The highest BCUT2D eigenvalue weighted by atomic mass is 16.5. The summed E-state index contributed by atoms with van der Waals surface area (Å²) in [4.78, 5) is 28.3. The van der Waals surface area contributed by atoms with Crippen molar-refractivity contribution in [3.63, 3.8) is 0 Å². The van der Waals surface area contributed by atoms with E-state index in [1.165, 1.54) is 5.56 Å². The second kappa shape index (κ2) is 11.8. The number of carbonyl (C=O) groups excluding carboxylic acids is 2. The number of ether oxygens (including phenoxy) is 1. The molecule has 178 valence electrons. The van der Waals surface area contributed by atoms with Gasteiger partial charge in [-0.3, -0.25) is 14.5 Å². The highest BCUT2D eigenvalue weighted by molar-refractivity contribution is 5.98. The molecular formula is C27H37N3O3. The SMILES string of the molecule is COc1cccc(CN2CCC(NC(=O)C(CC(C)C)NC(=O)c3ccccc3C)CC2)c1. The maximum Gasteiger partial charge on any atom is 0.252 e. The van der Waals surface area contributed by atoms with Gasteiger partial charge in [0.1, 0.15) is 11.8 Å². The maximum absolute atomic E-state index is 13.1. The van der Waals surface area contributed by atoms with Gasteiger partial charge in [0.05, 0.1) is 7.11 Å². The summed E-state index contributed by atoms with van der Waals surface area (Å²) in [6.07, 6.45) is 2.41. The van der Waals surface area contributed by atoms with Crippen molar-refractivity contribution in [2.24, 2.45) is 5.92 Å². The van der Waals surface area contributed by atoms with E-state index in [4.69, 9.17) is 4.74 Å². The summed E-state index contributed by atoms with van der Waals surface area (Å²) in [6, 6.07) is 15.2. The molecule has 1 atom stereocenters. The lowest BCUT2D eigenvalue weighted by Gasteiger charge is -2.33. The Kier molecular flexibility index (Phi) is 8.89. The van der Waals surface area contributed by atoms with E-state index in [1.807, 2.05) is 37.3 Å². The second-order valence-electron chi connectivity index (χ2n) is 9.38. The van der Waals surface area contributed by atoms with Crippen LogP contribution in [0, 0.1) is 12.8 Å². The molecule has 1 saturated heterocycles. The number of likely N-dealkylation sites (tertiary alicyclic amines) is 1. The number of nitrogens with zero attached hydrogens (tertiary/aromatic N) is 1. The molecule has 2 aromatic carbocycles. The molecule has 0 aliphatic carbocycles. The van der Waals surface area contributed by atoms with Crippen molar-refractivity contribution in [1.29, 1.82) is 0 Å². The molecule has 2 aromatic rings. The molecule has 1 unspecified atom stereocenters. The lowest BCUT2D eigenvalue weighted by molar-refractivity contribution is -0.124. The topological polar surface area (TPSA) is 70.7 Å². The van der Waals surface area contributed by atoms with Gasteiger partial charge in [0.15, 0.2) is 0 Å². The first-order chi connectivity index (χ1) is 15.9. The molecule has 1 heterocycles. The molecule has 0 spiro atoms. The Morgan fingerprint density at radius 1 is 1.09 bits per heavy atom. The average Bonchev–Trinajstić information content (AvgIpc) is 2.80. The Labute approximate surface area is 197 Å². The van der Waals surface area contributed by atoms with Gasteiger partial charge in [0.25, 0.3) is 5.91 Å². The predicted octanol–water partition coefficient (Wildman–Crippen LogP) is 3.93. The number of piperidine rings is 1. The fraction of sp³-hybridized carbons (Fsp3) is 0.481. The van der Waals surface area contributed by atoms with Gasteiger partial charge >= 0.3 is 0 Å². The monoisotopic (exact) mass is 451 g/mol. The Balaban J connectivity index is 1.53. The average molecular weight is 452 g/mol. The van der Waals surface area contributed by atoms with E-state index in [1.54, 1.807) is 13.2 Å². The van der Waals surface area contributed by atoms with E-state index in [9.17, 15) is 9.59 Å². The molecule has 2 amide bonds. The number of hydrogen-bond acceptors (Lipinski definition) is 4. The quantitative estimate of drug-likeness (QED) is 0.606. The van der Waals surface area contributed by atoms with E-state index in [0.29, 0.717) is 17.9 Å². The minimum atomic E-state index is -0.535. The molecular weight excluding hydrogens is 414 g/mol. The van der Waals surface area contributed by atoms with Crippen molar-refractivity contribution < 1.29 is 14.3 Å². The van der Waals surface area contributed by atoms with E-state index in [2.05, 4.69) is 41.5 Å². The van der Waals surface area contributed by atoms with Crippen molar-refractivity contribution >= 4 is 11.8 Å². The van der Waals surface area contributed by atoms with Crippen LogP contribution < -0.4 is 15.4 Å². The van der Waals surface area contributed by atoms with Gasteiger partial charge in [-0.2, -0.15) is 0 Å². The molecule has 3 rings (SSSR count). The molecule has 6 heteroatoms. The van der Waals surface area contributed by atoms with Gasteiger partial charge in [-0.1, -0.05) is 44.2 Å². The van der Waals surface area contributed by atoms with Gasteiger partial charge in [-0.25, -0.2) is 0 Å². The standard InChI is InChI=1S/C27H37N3O3/c1-19(2)16-25(29-26(31)24-11-6-5-8-20(24)3)27(32)28-22-12-14-30(15-13-22)18-21-9-7-10-23(17-21)33-4/h5-11,17,19,22,25H,12-16,18H2,1-4H3,(H,28,32)(H,29,31). The first kappa shape index (κ1) is 24.8. The van der Waals surface area contributed by atoms with Gasteiger partial charge < -0.3 is 15.4 Å². The van der Waals surface area contributed by atoms with Crippen LogP contribution in [-0.2, 0) is 11.3 Å². The summed E-state index contributed by atoms with van der Waals surface area (Å²) in [7, 11) is 1.68. The van der Waals surface area contributed by atoms with E-state index >= 15 is 0 Å². The molecule has 2 N–H and O–H groups in total. The van der Waals surface area contributed by atoms with Crippen molar-refractivity contribution in [1.82, 2.24) is 15.5 Å². The lowest BCUT2D eigenvalue weighted by atomic mass is 9.99. The summed E-state index contributed by atoms with van der Waals surface area (Å²) in [6.45, 7) is 8.76. The van der Waals surface area contributed by atoms with Crippen LogP contribution in [0.25, 0.3) is 0 Å². The third kappa shape index (κ3) is 7.32. The van der Waals surface area contributed by atoms with Gasteiger partial charge in [0.2, 0.25) is 5.91 Å². The highest BCUT2D eigenvalue weighted by Crippen LogP contribution is 2.18. The molecule has 0 aromatic heterocycles. The summed E-state index contributed by atoms with van der Waals surface area (Å²) < 4.78 is 5.32. The lowest BCUT2D eigenvalue weighted by Crippen LogP contribution is -2.52. The Morgan fingerprint density at radius 2 is 1.82 bits per heavy atom. The number of benzene rings is 2. The maximum atomic E-state index is 13.1. The summed E-state index contributed by atoms with van der Waals surface area (Å²) in [5, 5.41) is 6.17. The van der Waals surface area contributed by atoms with Crippen LogP contribution in [0.5, 0.6) is 5.75 Å². The summed E-state index contributed by atoms with van der Waals surface area (Å²) >= 11 is 0. The van der Waals surface area contributed by atoms with Gasteiger partial charge in [0, 0.05) is 31.2 Å². The Hall–Kier alpha value is -2.86. The van der Waals surface area contributed by atoms with Crippen LogP contribution in [0.4, 0.5) is 0 Å². The zero-order valence-corrected chi connectivity index (χ0v) is 20.3. The highest BCUT2D eigenvalue weighted by Gasteiger charge is 2.27. The van der Waals surface area contributed by atoms with Gasteiger partial charge in [-0.15, -0.1) is 0 Å². The van der Waals surface area contributed by atoms with E-state index in [0.717, 1.165) is 43.8 Å². The summed E-state index contributed by atoms with van der Waals surface area (Å²) in [5.74, 6) is 0.889. The molecule has 0 radical (unpaired) electrons. The molecule has 33 heavy (non-hydrogen) atoms. The predicted molar refractivity (Wildman–Crippen MR) is 131 cm³/mol. The zero-order valence-electron chi connectivity index (χ0n) is 20.3. The first-order valence-corrected chi connectivity index (χ1v) is 11.9. The van der Waals surface area contributed by atoms with Crippen LogP contribution in [0.1, 0.15) is 54.6 Å². The molecule has 0 bridgehead atoms. The number of methoxy groups -OCH3 is 1. The minimum Gasteiger partial charge on any atom is -0.497 e. The van der Waals surface area contributed by atoms with Crippen LogP contribution >= 0.6 is 0 Å². The minimum absolute atomic E-state index is 0.0862. The largest absolute Gasteiger partial charge is 0.497 e. The third-order valence-electron chi connectivity index (χ3n) is 6.19. The molecule has 1 aliphatic heterocycles. The molecule has 1 fully saturated rings. The van der Waals surface area contributed by atoms with Crippen molar-refractivity contribution in [3.8, 4) is 5.75 Å². The van der Waals surface area contributed by atoms with Crippen LogP contribution in [0.2, 0.25) is 0 Å². The van der Waals surface area contributed by atoms with Crippen molar-refractivity contribution in [2.45, 2.75) is 58.7 Å². The second-order valence-corrected chi connectivity index (χ2v) is 9.38. The van der Waals surface area contributed by atoms with Gasteiger partial charge in [-0.05, 0) is 61.4 Å². The number of rotatable bonds is 9. The van der Waals surface area contributed by atoms with Crippen molar-refractivity contribution in [3.05, 3.63) is 65.2 Å². The van der Waals surface area contributed by atoms with Crippen LogP contribution in [0.3, 0.4) is 0 Å². The molecule has 0 saturated carbocycles. The fourth-order valence-electron chi connectivity index (χ4n) is 4.33. The third-order valence-corrected chi connectivity index (χ3v) is 6.19. The Bertz CT molecular complexity index is 936. The number of hydrogen-bond donors (Lipinski definition) is 2. The number of aryl methyl sites for hydroxylation is 1.